The zero-order chi connectivity index (χ0) is 8.27. The molecule has 1 heterocycles. The third-order valence-electron chi connectivity index (χ3n) is 1.87. The van der Waals surface area contributed by atoms with E-state index in [9.17, 15) is 4.79 Å². The monoisotopic (exact) mass is 158 g/mol. The molecule has 1 saturated heterocycles. The quantitative estimate of drug-likeness (QED) is 0.240. The van der Waals surface area contributed by atoms with Crippen LogP contribution in [0.25, 0.3) is 0 Å². The van der Waals surface area contributed by atoms with Crippen LogP contribution < -0.4 is 17.0 Å². The van der Waals surface area contributed by atoms with Crippen molar-refractivity contribution in [3.8, 4) is 0 Å². The molecule has 1 fully saturated rings. The van der Waals surface area contributed by atoms with E-state index in [1.165, 1.54) is 0 Å². The number of rotatable bonds is 0. The number of nitrogens with zero attached hydrogens (tertiary/aromatic N) is 1. The minimum Gasteiger partial charge on any atom is -0.326 e. The Balaban J connectivity index is 2.39. The van der Waals surface area contributed by atoms with Gasteiger partial charge in [0.1, 0.15) is 0 Å². The zero-order valence-electron chi connectivity index (χ0n) is 6.42. The minimum atomic E-state index is -0.236. The van der Waals surface area contributed by atoms with Crippen LogP contribution in [-0.2, 0) is 0 Å². The van der Waals surface area contributed by atoms with Crippen molar-refractivity contribution in [2.45, 2.75) is 18.9 Å². The van der Waals surface area contributed by atoms with Gasteiger partial charge in [-0.05, 0) is 12.8 Å². The topological polar surface area (TPSA) is 84.4 Å². The van der Waals surface area contributed by atoms with Gasteiger partial charge in [-0.2, -0.15) is 0 Å². The number of carbonyl (C=O) groups excluding carboxylic acids is 1. The van der Waals surface area contributed by atoms with Crippen LogP contribution in [0.1, 0.15) is 12.8 Å². The molecule has 1 unspecified atom stereocenters. The average Bonchev–Trinajstić information content (AvgIpc) is 2.03. The van der Waals surface area contributed by atoms with Crippen molar-refractivity contribution in [3.63, 3.8) is 0 Å². The summed E-state index contributed by atoms with van der Waals surface area (Å²) in [6, 6.07) is -0.124. The van der Waals surface area contributed by atoms with E-state index in [1.54, 1.807) is 4.90 Å². The SMILES string of the molecule is NNC(=O)N1CCCC(N)C1. The van der Waals surface area contributed by atoms with Gasteiger partial charge in [-0.15, -0.1) is 0 Å². The van der Waals surface area contributed by atoms with E-state index in [0.717, 1.165) is 19.4 Å². The Hall–Kier alpha value is -0.810. The molecule has 5 N–H and O–H groups in total. The van der Waals surface area contributed by atoms with Crippen LogP contribution in [0.4, 0.5) is 4.79 Å². The van der Waals surface area contributed by atoms with Crippen LogP contribution in [0.2, 0.25) is 0 Å². The first-order valence-corrected chi connectivity index (χ1v) is 3.75. The fourth-order valence-electron chi connectivity index (χ4n) is 1.29. The van der Waals surface area contributed by atoms with Gasteiger partial charge in [0.15, 0.2) is 0 Å². The molecule has 0 bridgehead atoms. The number of piperidine rings is 1. The summed E-state index contributed by atoms with van der Waals surface area (Å²) in [5.74, 6) is 4.97. The maximum atomic E-state index is 10.9. The van der Waals surface area contributed by atoms with E-state index in [2.05, 4.69) is 5.43 Å². The summed E-state index contributed by atoms with van der Waals surface area (Å²) in [5, 5.41) is 0. The van der Waals surface area contributed by atoms with Gasteiger partial charge in [0, 0.05) is 19.1 Å². The largest absolute Gasteiger partial charge is 0.331 e. The van der Waals surface area contributed by atoms with Gasteiger partial charge in [0.2, 0.25) is 0 Å². The Kier molecular flexibility index (Phi) is 2.67. The number of likely N-dealkylation sites (tertiary alicyclic amines) is 1. The van der Waals surface area contributed by atoms with E-state index in [-0.39, 0.29) is 12.1 Å². The summed E-state index contributed by atoms with van der Waals surface area (Å²) in [7, 11) is 0. The first-order chi connectivity index (χ1) is 5.24. The molecule has 64 valence electrons. The smallest absolute Gasteiger partial charge is 0.326 e. The van der Waals surface area contributed by atoms with Crippen LogP contribution in [-0.4, -0.2) is 30.1 Å². The minimum absolute atomic E-state index is 0.112. The summed E-state index contributed by atoms with van der Waals surface area (Å²) in [4.78, 5) is 12.6. The van der Waals surface area contributed by atoms with E-state index in [0.29, 0.717) is 6.54 Å². The van der Waals surface area contributed by atoms with Gasteiger partial charge < -0.3 is 10.6 Å². The molecule has 5 nitrogen and oxygen atoms in total. The molecular formula is C6H14N4O. The fraction of sp³-hybridized carbons (Fsp3) is 0.833. The molecule has 0 saturated carbocycles. The third-order valence-corrected chi connectivity index (χ3v) is 1.87. The number of urea groups is 1. The van der Waals surface area contributed by atoms with Gasteiger partial charge in [-0.3, -0.25) is 5.43 Å². The molecule has 0 aliphatic carbocycles. The molecule has 0 radical (unpaired) electrons. The lowest BCUT2D eigenvalue weighted by Crippen LogP contribution is -2.51. The van der Waals surface area contributed by atoms with Crippen molar-refractivity contribution in [1.29, 1.82) is 0 Å². The lowest BCUT2D eigenvalue weighted by Gasteiger charge is -2.29. The molecule has 2 amide bonds. The van der Waals surface area contributed by atoms with Crippen LogP contribution in [0.3, 0.4) is 0 Å². The predicted molar refractivity (Wildman–Crippen MR) is 41.5 cm³/mol. The second-order valence-corrected chi connectivity index (χ2v) is 2.80. The second-order valence-electron chi connectivity index (χ2n) is 2.80. The average molecular weight is 158 g/mol. The van der Waals surface area contributed by atoms with Gasteiger partial charge in [-0.25, -0.2) is 10.6 Å². The number of hydrogen-bond donors (Lipinski definition) is 3. The van der Waals surface area contributed by atoms with Crippen LogP contribution in [0.15, 0.2) is 0 Å². The molecule has 0 aromatic carbocycles. The Morgan fingerprint density at radius 2 is 2.36 bits per heavy atom. The molecule has 5 heteroatoms. The lowest BCUT2D eigenvalue weighted by atomic mass is 10.1. The van der Waals surface area contributed by atoms with Gasteiger partial charge in [0.05, 0.1) is 0 Å². The van der Waals surface area contributed by atoms with E-state index in [4.69, 9.17) is 11.6 Å². The first-order valence-electron chi connectivity index (χ1n) is 3.75. The van der Waals surface area contributed by atoms with Crippen LogP contribution >= 0.6 is 0 Å². The highest BCUT2D eigenvalue weighted by Gasteiger charge is 2.19. The van der Waals surface area contributed by atoms with Crippen molar-refractivity contribution in [2.24, 2.45) is 11.6 Å². The normalized spacial score (nSPS) is 24.9. The van der Waals surface area contributed by atoms with Gasteiger partial charge in [-0.1, -0.05) is 0 Å². The lowest BCUT2D eigenvalue weighted by molar-refractivity contribution is 0.180. The molecule has 1 aliphatic rings. The van der Waals surface area contributed by atoms with Crippen LogP contribution in [0.5, 0.6) is 0 Å². The van der Waals surface area contributed by atoms with Crippen molar-refractivity contribution < 1.29 is 4.79 Å². The van der Waals surface area contributed by atoms with Gasteiger partial charge >= 0.3 is 6.03 Å². The number of carbonyl (C=O) groups is 1. The van der Waals surface area contributed by atoms with Gasteiger partial charge in [0.25, 0.3) is 0 Å². The molecule has 1 atom stereocenters. The van der Waals surface area contributed by atoms with Crippen molar-refractivity contribution >= 4 is 6.03 Å². The summed E-state index contributed by atoms with van der Waals surface area (Å²) >= 11 is 0. The number of hydrazine groups is 1. The number of nitrogens with one attached hydrogen (secondary N) is 1. The highest BCUT2D eigenvalue weighted by Crippen LogP contribution is 2.07. The molecule has 0 spiro atoms. The van der Waals surface area contributed by atoms with E-state index < -0.39 is 0 Å². The van der Waals surface area contributed by atoms with Crippen molar-refractivity contribution in [1.82, 2.24) is 10.3 Å². The van der Waals surface area contributed by atoms with Crippen LogP contribution in [0, 0.1) is 0 Å². The maximum Gasteiger partial charge on any atom is 0.331 e. The Morgan fingerprint density at radius 1 is 1.64 bits per heavy atom. The summed E-state index contributed by atoms with van der Waals surface area (Å²) in [5.41, 5.74) is 7.74. The highest BCUT2D eigenvalue weighted by molar-refractivity contribution is 5.73. The third kappa shape index (κ3) is 2.06. The zero-order valence-corrected chi connectivity index (χ0v) is 6.42. The standard InChI is InChI=1S/C6H14N4O/c7-5-2-1-3-10(4-5)6(11)9-8/h5H,1-4,7-8H2,(H,9,11). The molecule has 1 aliphatic heterocycles. The molecule has 0 aromatic rings. The molecule has 1 rings (SSSR count). The fourth-order valence-corrected chi connectivity index (χ4v) is 1.29. The summed E-state index contributed by atoms with van der Waals surface area (Å²) in [6.07, 6.45) is 1.96. The summed E-state index contributed by atoms with van der Waals surface area (Å²) in [6.45, 7) is 1.37. The second kappa shape index (κ2) is 3.54. The molecule has 11 heavy (non-hydrogen) atoms. The number of hydrogen-bond acceptors (Lipinski definition) is 3. The molecule has 0 aromatic heterocycles. The Morgan fingerprint density at radius 3 is 2.91 bits per heavy atom. The number of amides is 2. The first kappa shape index (κ1) is 8.29. The Bertz CT molecular complexity index is 150. The van der Waals surface area contributed by atoms with Crippen molar-refractivity contribution in [3.05, 3.63) is 0 Å². The highest BCUT2D eigenvalue weighted by atomic mass is 16.2. The predicted octanol–water partition coefficient (Wildman–Crippen LogP) is -1.01. The van der Waals surface area contributed by atoms with Crippen molar-refractivity contribution in [2.75, 3.05) is 13.1 Å². The maximum absolute atomic E-state index is 10.9. The van der Waals surface area contributed by atoms with E-state index in [1.807, 2.05) is 0 Å². The number of nitrogens with two attached hydrogens (primary N) is 2. The molecular weight excluding hydrogens is 144 g/mol. The Labute approximate surface area is 65.7 Å². The van der Waals surface area contributed by atoms with E-state index >= 15 is 0 Å². The summed E-state index contributed by atoms with van der Waals surface area (Å²) < 4.78 is 0.